The Kier molecular flexibility index (Phi) is 6.77. The third kappa shape index (κ3) is 5.47. The van der Waals surface area contributed by atoms with E-state index in [2.05, 4.69) is 36.1 Å². The van der Waals surface area contributed by atoms with Crippen LogP contribution in [0.2, 0.25) is 0 Å². The van der Waals surface area contributed by atoms with Crippen molar-refractivity contribution in [3.63, 3.8) is 0 Å². The largest absolute Gasteiger partial charge is 0.455 e. The van der Waals surface area contributed by atoms with Gasteiger partial charge in [-0.1, -0.05) is 48.0 Å². The third-order valence-corrected chi connectivity index (χ3v) is 7.36. The van der Waals surface area contributed by atoms with Gasteiger partial charge in [-0.25, -0.2) is 8.42 Å². The van der Waals surface area contributed by atoms with Gasteiger partial charge in [0.05, 0.1) is 4.90 Å². The predicted octanol–water partition coefficient (Wildman–Crippen LogP) is 3.91. The first kappa shape index (κ1) is 22.3. The molecule has 1 aliphatic heterocycles. The van der Waals surface area contributed by atoms with E-state index >= 15 is 0 Å². The Morgan fingerprint density at radius 2 is 1.66 bits per heavy atom. The topological polar surface area (TPSA) is 70.8 Å². The summed E-state index contributed by atoms with van der Waals surface area (Å²) in [6, 6.07) is 20.0. The van der Waals surface area contributed by atoms with Crippen LogP contribution in [0, 0.1) is 6.92 Å². The van der Waals surface area contributed by atoms with E-state index in [1.54, 1.807) is 47.4 Å². The van der Waals surface area contributed by atoms with Gasteiger partial charge < -0.3 is 9.32 Å². The van der Waals surface area contributed by atoms with Gasteiger partial charge in [0.25, 0.3) is 5.91 Å². The lowest BCUT2D eigenvalue weighted by Gasteiger charge is -2.21. The summed E-state index contributed by atoms with van der Waals surface area (Å²) in [5.41, 5.74) is 2.52. The van der Waals surface area contributed by atoms with Crippen molar-refractivity contribution in [2.75, 3.05) is 26.2 Å². The quantitative estimate of drug-likeness (QED) is 0.567. The molecule has 0 unspecified atom stereocenters. The molecule has 0 aliphatic carbocycles. The van der Waals surface area contributed by atoms with E-state index in [9.17, 15) is 13.2 Å². The van der Waals surface area contributed by atoms with Crippen molar-refractivity contribution in [3.05, 3.63) is 89.4 Å². The second kappa shape index (κ2) is 9.71. The van der Waals surface area contributed by atoms with Gasteiger partial charge in [0.2, 0.25) is 0 Å². The van der Waals surface area contributed by atoms with Crippen molar-refractivity contribution in [2.45, 2.75) is 30.5 Å². The van der Waals surface area contributed by atoms with Crippen molar-refractivity contribution < 1.29 is 17.6 Å². The van der Waals surface area contributed by atoms with Crippen LogP contribution in [-0.4, -0.2) is 50.3 Å². The van der Waals surface area contributed by atoms with Gasteiger partial charge in [-0.15, -0.1) is 0 Å². The number of furan rings is 1. The molecule has 0 saturated carbocycles. The summed E-state index contributed by atoms with van der Waals surface area (Å²) in [6.07, 6.45) is 0.882. The highest BCUT2D eigenvalue weighted by atomic mass is 32.2. The van der Waals surface area contributed by atoms with Gasteiger partial charge in [-0.3, -0.25) is 9.69 Å². The number of nitrogens with zero attached hydrogens (tertiary/aromatic N) is 2. The van der Waals surface area contributed by atoms with Gasteiger partial charge in [-0.05, 0) is 43.2 Å². The molecule has 32 heavy (non-hydrogen) atoms. The number of amides is 1. The van der Waals surface area contributed by atoms with Crippen LogP contribution in [0.15, 0.2) is 76.0 Å². The van der Waals surface area contributed by atoms with Crippen LogP contribution in [0.3, 0.4) is 0 Å². The Morgan fingerprint density at radius 3 is 2.41 bits per heavy atom. The summed E-state index contributed by atoms with van der Waals surface area (Å²) in [7, 11) is -3.52. The Balaban J connectivity index is 1.36. The first-order valence-corrected chi connectivity index (χ1v) is 12.5. The number of sulfone groups is 1. The highest BCUT2D eigenvalue weighted by Gasteiger charge is 2.24. The van der Waals surface area contributed by atoms with Gasteiger partial charge in [-0.2, -0.15) is 0 Å². The summed E-state index contributed by atoms with van der Waals surface area (Å²) >= 11 is 0. The van der Waals surface area contributed by atoms with E-state index in [1.807, 2.05) is 0 Å². The van der Waals surface area contributed by atoms with E-state index < -0.39 is 9.84 Å². The lowest BCUT2D eigenvalue weighted by molar-refractivity contribution is 0.0727. The van der Waals surface area contributed by atoms with Gasteiger partial charge in [0, 0.05) is 32.7 Å². The summed E-state index contributed by atoms with van der Waals surface area (Å²) < 4.78 is 30.8. The number of carbonyl (C=O) groups is 1. The average Bonchev–Trinajstić information content (AvgIpc) is 3.12. The number of carbonyl (C=O) groups excluding carboxylic acids is 1. The first-order chi connectivity index (χ1) is 15.4. The highest BCUT2D eigenvalue weighted by Crippen LogP contribution is 2.20. The van der Waals surface area contributed by atoms with Crippen LogP contribution in [0.1, 0.15) is 33.9 Å². The SMILES string of the molecule is Cc1ccc(CN2CCCN(C(=O)c3ccc(CS(=O)(=O)c4ccccc4)o3)CC2)cc1. The molecule has 0 spiro atoms. The molecule has 0 atom stereocenters. The summed E-state index contributed by atoms with van der Waals surface area (Å²) in [5, 5.41) is 0. The zero-order valence-corrected chi connectivity index (χ0v) is 19.1. The number of benzene rings is 2. The highest BCUT2D eigenvalue weighted by molar-refractivity contribution is 7.90. The van der Waals surface area contributed by atoms with Crippen LogP contribution in [-0.2, 0) is 22.1 Å². The molecule has 4 rings (SSSR count). The Hall–Kier alpha value is -2.90. The Bertz CT molecular complexity index is 1150. The number of hydrogen-bond donors (Lipinski definition) is 0. The first-order valence-electron chi connectivity index (χ1n) is 10.8. The maximum atomic E-state index is 13.0. The van der Waals surface area contributed by atoms with Crippen LogP contribution in [0.25, 0.3) is 0 Å². The normalized spacial score (nSPS) is 15.5. The molecule has 1 saturated heterocycles. The molecule has 2 heterocycles. The molecule has 6 nitrogen and oxygen atoms in total. The Labute approximate surface area is 189 Å². The lowest BCUT2D eigenvalue weighted by Crippen LogP contribution is -2.34. The molecular weight excluding hydrogens is 424 g/mol. The van der Waals surface area contributed by atoms with Crippen LogP contribution in [0.5, 0.6) is 0 Å². The van der Waals surface area contributed by atoms with Crippen molar-refractivity contribution in [3.8, 4) is 0 Å². The molecule has 0 radical (unpaired) electrons. The number of aryl methyl sites for hydroxylation is 1. The summed E-state index contributed by atoms with van der Waals surface area (Å²) in [5.74, 6) is 0.00282. The smallest absolute Gasteiger partial charge is 0.289 e. The van der Waals surface area contributed by atoms with Crippen LogP contribution in [0.4, 0.5) is 0 Å². The molecule has 0 bridgehead atoms. The minimum atomic E-state index is -3.52. The Morgan fingerprint density at radius 1 is 0.906 bits per heavy atom. The molecule has 3 aromatic rings. The van der Waals surface area contributed by atoms with Crippen molar-refractivity contribution >= 4 is 15.7 Å². The summed E-state index contributed by atoms with van der Waals surface area (Å²) in [6.45, 7) is 5.93. The maximum absolute atomic E-state index is 13.0. The fraction of sp³-hybridized carbons (Fsp3) is 0.320. The van der Waals surface area contributed by atoms with Gasteiger partial charge in [0.1, 0.15) is 11.5 Å². The second-order valence-electron chi connectivity index (χ2n) is 8.25. The minimum absolute atomic E-state index is 0.189. The van der Waals surface area contributed by atoms with E-state index in [1.165, 1.54) is 11.1 Å². The van der Waals surface area contributed by atoms with Crippen LogP contribution < -0.4 is 0 Å². The molecule has 1 aromatic heterocycles. The molecule has 1 fully saturated rings. The van der Waals surface area contributed by atoms with Crippen molar-refractivity contribution in [2.24, 2.45) is 0 Å². The molecular formula is C25H28N2O4S. The van der Waals surface area contributed by atoms with E-state index in [0.717, 1.165) is 26.1 Å². The molecule has 0 N–H and O–H groups in total. The molecule has 168 valence electrons. The van der Waals surface area contributed by atoms with E-state index in [0.29, 0.717) is 13.1 Å². The van der Waals surface area contributed by atoms with Gasteiger partial charge >= 0.3 is 0 Å². The lowest BCUT2D eigenvalue weighted by atomic mass is 10.1. The molecule has 1 aliphatic rings. The minimum Gasteiger partial charge on any atom is -0.455 e. The van der Waals surface area contributed by atoms with E-state index in [4.69, 9.17) is 4.42 Å². The average molecular weight is 453 g/mol. The zero-order chi connectivity index (χ0) is 22.6. The summed E-state index contributed by atoms with van der Waals surface area (Å²) in [4.78, 5) is 17.4. The molecule has 7 heteroatoms. The molecule has 2 aromatic carbocycles. The fourth-order valence-corrected chi connectivity index (χ4v) is 5.18. The van der Waals surface area contributed by atoms with Crippen LogP contribution >= 0.6 is 0 Å². The monoisotopic (exact) mass is 452 g/mol. The van der Waals surface area contributed by atoms with Crippen molar-refractivity contribution in [1.82, 2.24) is 9.80 Å². The number of hydrogen-bond acceptors (Lipinski definition) is 5. The van der Waals surface area contributed by atoms with E-state index in [-0.39, 0.29) is 28.1 Å². The van der Waals surface area contributed by atoms with Crippen molar-refractivity contribution in [1.29, 1.82) is 0 Å². The number of rotatable bonds is 6. The zero-order valence-electron chi connectivity index (χ0n) is 18.2. The molecule has 1 amide bonds. The van der Waals surface area contributed by atoms with Gasteiger partial charge in [0.15, 0.2) is 15.6 Å². The third-order valence-electron chi connectivity index (χ3n) is 5.71. The fourth-order valence-electron chi connectivity index (χ4n) is 3.91. The standard InChI is InChI=1S/C25H28N2O4S/c1-20-8-10-21(11-9-20)18-26-14-5-15-27(17-16-26)25(28)24-13-12-22(31-24)19-32(29,30)23-6-3-2-4-7-23/h2-4,6-13H,5,14-19H2,1H3. The second-order valence-corrected chi connectivity index (χ2v) is 10.2. The maximum Gasteiger partial charge on any atom is 0.289 e. The predicted molar refractivity (Wildman–Crippen MR) is 123 cm³/mol.